The highest BCUT2D eigenvalue weighted by Gasteiger charge is 2.31. The Morgan fingerprint density at radius 2 is 1.14 bits per heavy atom. The molecule has 0 atom stereocenters. The van der Waals surface area contributed by atoms with E-state index in [1.165, 1.54) is 6.92 Å². The number of carboxylic acids is 3. The minimum Gasteiger partial charge on any atom is -0.481 e. The molecule has 0 aromatic carbocycles. The number of rotatable bonds is 7. The third-order valence-electron chi connectivity index (χ3n) is 1.87. The first-order valence-electron chi connectivity index (χ1n) is 5.71. The van der Waals surface area contributed by atoms with Gasteiger partial charge in [0.05, 0.1) is 26.1 Å². The maximum Gasteiger partial charge on any atom is 0.314 e. The average molecular weight is 346 g/mol. The van der Waals surface area contributed by atoms with Crippen LogP contribution in [0.5, 0.6) is 0 Å². The molecule has 0 aromatic rings. The van der Waals surface area contributed by atoms with Gasteiger partial charge in [-0.15, -0.1) is 0 Å². The van der Waals surface area contributed by atoms with Gasteiger partial charge >= 0.3 is 17.9 Å². The lowest BCUT2D eigenvalue weighted by atomic mass is 9.94. The quantitative estimate of drug-likeness (QED) is 0.314. The van der Waals surface area contributed by atoms with E-state index in [1.54, 1.807) is 0 Å². The molecule has 0 saturated heterocycles. The van der Waals surface area contributed by atoms with Gasteiger partial charge in [0.15, 0.2) is 0 Å². The second-order valence-corrected chi connectivity index (χ2v) is 4.81. The van der Waals surface area contributed by atoms with Crippen molar-refractivity contribution in [2.75, 3.05) is 24.7 Å². The Morgan fingerprint density at radius 3 is 1.14 bits per heavy atom. The summed E-state index contributed by atoms with van der Waals surface area (Å²) in [5, 5.41) is 40.9. The van der Waals surface area contributed by atoms with Crippen LogP contribution in [0.4, 0.5) is 0 Å². The van der Waals surface area contributed by atoms with Crippen molar-refractivity contribution in [3.05, 3.63) is 0 Å². The second-order valence-electron chi connectivity index (χ2n) is 3.92. The van der Waals surface area contributed by atoms with E-state index in [9.17, 15) is 14.4 Å². The fraction of sp³-hybridized carbons (Fsp3) is 0.727. The van der Waals surface area contributed by atoms with Gasteiger partial charge in [0.1, 0.15) is 5.41 Å². The molecule has 0 spiro atoms. The van der Waals surface area contributed by atoms with Crippen molar-refractivity contribution in [1.82, 2.24) is 0 Å². The van der Waals surface area contributed by atoms with E-state index >= 15 is 0 Å². The molecule has 0 saturated carbocycles. The summed E-state index contributed by atoms with van der Waals surface area (Å²) < 4.78 is 0. The highest BCUT2D eigenvalue weighted by molar-refractivity contribution is 7.80. The van der Waals surface area contributed by atoms with Crippen molar-refractivity contribution in [3.63, 3.8) is 0 Å². The minimum absolute atomic E-state index is 0.156. The summed E-state index contributed by atoms with van der Waals surface area (Å²) in [7, 11) is 0. The van der Waals surface area contributed by atoms with Crippen molar-refractivity contribution in [2.24, 2.45) is 5.41 Å². The Kier molecular flexibility index (Phi) is 18.4. The van der Waals surface area contributed by atoms with Crippen LogP contribution in [0.25, 0.3) is 0 Å². The zero-order valence-corrected chi connectivity index (χ0v) is 13.4. The van der Waals surface area contributed by atoms with Crippen molar-refractivity contribution in [2.45, 2.75) is 19.8 Å². The molecule has 5 N–H and O–H groups in total. The van der Waals surface area contributed by atoms with Crippen LogP contribution in [0.3, 0.4) is 0 Å². The zero-order valence-electron chi connectivity index (χ0n) is 11.6. The molecule has 0 heterocycles. The number of aliphatic hydroxyl groups excluding tert-OH is 2. The van der Waals surface area contributed by atoms with Gasteiger partial charge in [0.25, 0.3) is 0 Å². The highest BCUT2D eigenvalue weighted by Crippen LogP contribution is 2.12. The monoisotopic (exact) mass is 346 g/mol. The lowest BCUT2D eigenvalue weighted by Crippen LogP contribution is -2.35. The Labute approximate surface area is 133 Å². The van der Waals surface area contributed by atoms with Gasteiger partial charge in [-0.1, -0.05) is 0 Å². The number of carbonyl (C=O) groups is 3. The summed E-state index contributed by atoms with van der Waals surface area (Å²) in [4.78, 5) is 29.3. The number of aliphatic carboxylic acids is 3. The van der Waals surface area contributed by atoms with E-state index in [4.69, 9.17) is 25.5 Å². The van der Waals surface area contributed by atoms with Crippen LogP contribution in [0, 0.1) is 5.41 Å². The summed E-state index contributed by atoms with van der Waals surface area (Å²) in [6, 6.07) is 0. The predicted molar refractivity (Wildman–Crippen MR) is 82.1 cm³/mol. The molecule has 0 aliphatic carbocycles. The smallest absolute Gasteiger partial charge is 0.314 e. The van der Waals surface area contributed by atoms with Crippen LogP contribution in [0.1, 0.15) is 19.8 Å². The van der Waals surface area contributed by atoms with Gasteiger partial charge in [-0.2, -0.15) is 25.3 Å². The maximum atomic E-state index is 10.2. The molecule has 0 radical (unpaired) electrons. The van der Waals surface area contributed by atoms with E-state index in [0.717, 1.165) is 0 Å². The maximum absolute atomic E-state index is 10.2. The third-order valence-corrected chi connectivity index (χ3v) is 2.31. The van der Waals surface area contributed by atoms with Crippen molar-refractivity contribution >= 4 is 43.2 Å². The molecule has 0 unspecified atom stereocenters. The Morgan fingerprint density at radius 1 is 0.857 bits per heavy atom. The SMILES string of the molecule is CC(CO)(CO)C(=O)O.O=C(O)CCS.O=C(O)CCS. The summed E-state index contributed by atoms with van der Waals surface area (Å²) in [6.07, 6.45) is 0.312. The molecule has 0 bridgehead atoms. The van der Waals surface area contributed by atoms with Crippen molar-refractivity contribution in [3.8, 4) is 0 Å². The lowest BCUT2D eigenvalue weighted by molar-refractivity contribution is -0.153. The topological polar surface area (TPSA) is 152 Å². The Bertz CT molecular complexity index is 289. The molecule has 21 heavy (non-hydrogen) atoms. The van der Waals surface area contributed by atoms with E-state index in [-0.39, 0.29) is 12.8 Å². The van der Waals surface area contributed by atoms with Gasteiger partial charge in [0, 0.05) is 11.5 Å². The highest BCUT2D eigenvalue weighted by atomic mass is 32.1. The van der Waals surface area contributed by atoms with E-state index < -0.39 is 36.5 Å². The number of thiol groups is 2. The number of aliphatic hydroxyl groups is 2. The van der Waals surface area contributed by atoms with Crippen molar-refractivity contribution < 1.29 is 39.9 Å². The van der Waals surface area contributed by atoms with Crippen molar-refractivity contribution in [1.29, 1.82) is 0 Å². The summed E-state index contributed by atoms with van der Waals surface area (Å²) in [6.45, 7) is 0.187. The van der Waals surface area contributed by atoms with Crippen LogP contribution < -0.4 is 0 Å². The molecular formula is C11H22O8S2. The fourth-order valence-corrected chi connectivity index (χ4v) is 0.759. The minimum atomic E-state index is -1.39. The average Bonchev–Trinajstić information content (AvgIpc) is 2.38. The molecule has 0 rings (SSSR count). The van der Waals surface area contributed by atoms with Gasteiger partial charge in [-0.3, -0.25) is 14.4 Å². The van der Waals surface area contributed by atoms with Gasteiger partial charge in [0.2, 0.25) is 0 Å². The Hall–Kier alpha value is -0.970. The number of hydrogen-bond acceptors (Lipinski definition) is 7. The molecule has 8 nitrogen and oxygen atoms in total. The van der Waals surface area contributed by atoms with Crippen LogP contribution in [-0.2, 0) is 14.4 Å². The molecule has 0 amide bonds. The zero-order chi connectivity index (χ0) is 17.5. The first-order chi connectivity index (χ1) is 9.60. The van der Waals surface area contributed by atoms with E-state index in [0.29, 0.717) is 11.5 Å². The summed E-state index contributed by atoms with van der Waals surface area (Å²) in [5.41, 5.74) is -1.39. The van der Waals surface area contributed by atoms with Gasteiger partial charge < -0.3 is 25.5 Å². The van der Waals surface area contributed by atoms with Crippen LogP contribution in [0.2, 0.25) is 0 Å². The number of carboxylic acid groups (broad SMARTS) is 3. The normalized spacial score (nSPS) is 9.57. The van der Waals surface area contributed by atoms with E-state index in [1.807, 2.05) is 0 Å². The van der Waals surface area contributed by atoms with Crippen LogP contribution in [-0.4, -0.2) is 68.2 Å². The molecule has 0 aliphatic heterocycles. The molecule has 10 heteroatoms. The molecule has 0 aromatic heterocycles. The van der Waals surface area contributed by atoms with Crippen LogP contribution >= 0.6 is 25.3 Å². The molecule has 126 valence electrons. The first-order valence-corrected chi connectivity index (χ1v) is 6.98. The standard InChI is InChI=1S/C5H10O4.2C3H6O2S/c1-5(2-6,3-7)4(8)9;2*4-3(5)1-2-6/h6-7H,2-3H2,1H3,(H,8,9);2*6H,1-2H2,(H,4,5). The van der Waals surface area contributed by atoms with Crippen LogP contribution in [0.15, 0.2) is 0 Å². The largest absolute Gasteiger partial charge is 0.481 e. The van der Waals surface area contributed by atoms with E-state index in [2.05, 4.69) is 25.3 Å². The lowest BCUT2D eigenvalue weighted by Gasteiger charge is -2.17. The Balaban J connectivity index is -0.000000240. The van der Waals surface area contributed by atoms with Gasteiger partial charge in [-0.25, -0.2) is 0 Å². The number of hydrogen-bond donors (Lipinski definition) is 7. The summed E-state index contributed by atoms with van der Waals surface area (Å²) in [5.74, 6) is -1.91. The first kappa shape index (κ1) is 25.0. The molecule has 0 fully saturated rings. The summed E-state index contributed by atoms with van der Waals surface area (Å²) >= 11 is 7.36. The molecular weight excluding hydrogens is 324 g/mol. The predicted octanol–water partition coefficient (Wildman–Crippen LogP) is -0.156. The fourth-order valence-electron chi connectivity index (χ4n) is 0.377. The molecule has 0 aliphatic rings. The third kappa shape index (κ3) is 19.0. The van der Waals surface area contributed by atoms with Gasteiger partial charge in [-0.05, 0) is 6.92 Å². The second kappa shape index (κ2) is 15.4.